The summed E-state index contributed by atoms with van der Waals surface area (Å²) in [5.74, 6) is 0. The fourth-order valence-electron chi connectivity index (χ4n) is 1.85. The zero-order chi connectivity index (χ0) is 13.2. The van der Waals surface area contributed by atoms with E-state index in [-0.39, 0.29) is 0 Å². The summed E-state index contributed by atoms with van der Waals surface area (Å²) in [6.07, 6.45) is -3.43. The van der Waals surface area contributed by atoms with Crippen molar-refractivity contribution < 1.29 is 13.2 Å². The zero-order valence-electron chi connectivity index (χ0n) is 9.96. The number of halogens is 3. The molecular formula is C15H13F3. The Bertz CT molecular complexity index is 541. The highest BCUT2D eigenvalue weighted by Gasteiger charge is 2.30. The van der Waals surface area contributed by atoms with Crippen LogP contribution in [0.2, 0.25) is 0 Å². The lowest BCUT2D eigenvalue weighted by atomic mass is 10.0. The minimum absolute atomic E-state index is 0.597. The molecule has 2 rings (SSSR count). The molecule has 0 atom stereocenters. The Kier molecular flexibility index (Phi) is 3.41. The fraction of sp³-hybridized carbons (Fsp3) is 0.200. The summed E-state index contributed by atoms with van der Waals surface area (Å²) in [5.41, 5.74) is 1.92. The van der Waals surface area contributed by atoms with Gasteiger partial charge in [-0.15, -0.1) is 0 Å². The molecule has 2 aromatic carbocycles. The molecule has 0 nitrogen and oxygen atoms in total. The summed E-state index contributed by atoms with van der Waals surface area (Å²) in [5, 5.41) is 0. The zero-order valence-corrected chi connectivity index (χ0v) is 9.96. The molecule has 0 unspecified atom stereocenters. The molecule has 0 radical (unpaired) electrons. The molecule has 94 valence electrons. The van der Waals surface area contributed by atoms with Gasteiger partial charge in [-0.25, -0.2) is 0 Å². The first kappa shape index (κ1) is 12.7. The molecule has 2 aromatic rings. The number of rotatable bonds is 2. The topological polar surface area (TPSA) is 0 Å². The highest BCUT2D eigenvalue weighted by Crippen LogP contribution is 2.32. The van der Waals surface area contributed by atoms with Crippen molar-refractivity contribution in [1.82, 2.24) is 0 Å². The van der Waals surface area contributed by atoms with E-state index in [2.05, 4.69) is 0 Å². The molecule has 18 heavy (non-hydrogen) atoms. The highest BCUT2D eigenvalue weighted by atomic mass is 19.4. The molecule has 0 aliphatic heterocycles. The molecule has 0 spiro atoms. The van der Waals surface area contributed by atoms with E-state index >= 15 is 0 Å². The summed E-state index contributed by atoms with van der Waals surface area (Å²) in [4.78, 5) is 0. The molecule has 0 aliphatic carbocycles. The Hall–Kier alpha value is -1.77. The van der Waals surface area contributed by atoms with E-state index in [0.717, 1.165) is 23.6 Å². The van der Waals surface area contributed by atoms with Gasteiger partial charge in [0.25, 0.3) is 0 Å². The fourth-order valence-corrected chi connectivity index (χ4v) is 1.85. The third-order valence-corrected chi connectivity index (χ3v) is 2.86. The van der Waals surface area contributed by atoms with Gasteiger partial charge in [-0.3, -0.25) is 0 Å². The van der Waals surface area contributed by atoms with Gasteiger partial charge in [-0.1, -0.05) is 43.3 Å². The second kappa shape index (κ2) is 4.84. The Labute approximate surface area is 104 Å². The van der Waals surface area contributed by atoms with Gasteiger partial charge in [0.05, 0.1) is 5.56 Å². The lowest BCUT2D eigenvalue weighted by Gasteiger charge is -2.09. The second-order valence-electron chi connectivity index (χ2n) is 4.13. The van der Waals surface area contributed by atoms with Crippen LogP contribution in [0.1, 0.15) is 18.1 Å². The maximum absolute atomic E-state index is 12.6. The van der Waals surface area contributed by atoms with Crippen LogP contribution >= 0.6 is 0 Å². The first-order valence-electron chi connectivity index (χ1n) is 5.77. The molecule has 0 saturated carbocycles. The van der Waals surface area contributed by atoms with Crippen molar-refractivity contribution in [1.29, 1.82) is 0 Å². The van der Waals surface area contributed by atoms with E-state index in [9.17, 15) is 13.2 Å². The summed E-state index contributed by atoms with van der Waals surface area (Å²) < 4.78 is 37.9. The van der Waals surface area contributed by atoms with Crippen LogP contribution in [0.5, 0.6) is 0 Å². The van der Waals surface area contributed by atoms with Gasteiger partial charge in [0.2, 0.25) is 0 Å². The van der Waals surface area contributed by atoms with Crippen molar-refractivity contribution in [2.24, 2.45) is 0 Å². The predicted molar refractivity (Wildman–Crippen MR) is 66.3 cm³/mol. The average molecular weight is 250 g/mol. The lowest BCUT2D eigenvalue weighted by molar-refractivity contribution is -0.137. The number of benzene rings is 2. The first-order valence-corrected chi connectivity index (χ1v) is 5.77. The molecule has 0 saturated heterocycles. The molecule has 0 aliphatic rings. The van der Waals surface area contributed by atoms with Gasteiger partial charge in [-0.2, -0.15) is 13.2 Å². The third kappa shape index (κ3) is 2.73. The number of hydrogen-bond acceptors (Lipinski definition) is 0. The van der Waals surface area contributed by atoms with Crippen molar-refractivity contribution in [2.45, 2.75) is 19.5 Å². The Morgan fingerprint density at radius 3 is 2.11 bits per heavy atom. The highest BCUT2D eigenvalue weighted by molar-refractivity contribution is 5.65. The summed E-state index contributed by atoms with van der Waals surface area (Å²) in [7, 11) is 0. The molecule has 0 bridgehead atoms. The van der Waals surface area contributed by atoms with E-state index in [1.54, 1.807) is 6.07 Å². The average Bonchev–Trinajstić information content (AvgIpc) is 2.38. The quantitative estimate of drug-likeness (QED) is 0.708. The number of alkyl halides is 3. The van der Waals surface area contributed by atoms with E-state index in [1.807, 2.05) is 31.2 Å². The minimum atomic E-state index is -4.29. The SMILES string of the molecule is CCc1cccc(-c2cccc(C(F)(F)F)c2)c1. The molecule has 3 heteroatoms. The van der Waals surface area contributed by atoms with Crippen LogP contribution in [0.4, 0.5) is 13.2 Å². The van der Waals surface area contributed by atoms with Crippen LogP contribution in [0.3, 0.4) is 0 Å². The maximum atomic E-state index is 12.6. The number of aryl methyl sites for hydroxylation is 1. The van der Waals surface area contributed by atoms with Crippen molar-refractivity contribution in [3.63, 3.8) is 0 Å². The van der Waals surface area contributed by atoms with Crippen LogP contribution in [0, 0.1) is 0 Å². The molecular weight excluding hydrogens is 237 g/mol. The van der Waals surface area contributed by atoms with Crippen molar-refractivity contribution in [3.8, 4) is 11.1 Å². The minimum Gasteiger partial charge on any atom is -0.166 e. The lowest BCUT2D eigenvalue weighted by Crippen LogP contribution is -2.04. The van der Waals surface area contributed by atoms with Gasteiger partial charge >= 0.3 is 6.18 Å². The largest absolute Gasteiger partial charge is 0.416 e. The molecule has 0 heterocycles. The smallest absolute Gasteiger partial charge is 0.166 e. The van der Waals surface area contributed by atoms with Crippen LogP contribution < -0.4 is 0 Å². The molecule has 0 aromatic heterocycles. The van der Waals surface area contributed by atoms with Crippen LogP contribution in [-0.2, 0) is 12.6 Å². The Balaban J connectivity index is 2.44. The van der Waals surface area contributed by atoms with Gasteiger partial charge in [0.15, 0.2) is 0 Å². The third-order valence-electron chi connectivity index (χ3n) is 2.86. The van der Waals surface area contributed by atoms with Crippen molar-refractivity contribution in [3.05, 3.63) is 59.7 Å². The van der Waals surface area contributed by atoms with E-state index in [0.29, 0.717) is 5.56 Å². The normalized spacial score (nSPS) is 11.6. The van der Waals surface area contributed by atoms with Gasteiger partial charge in [-0.05, 0) is 35.2 Å². The van der Waals surface area contributed by atoms with Crippen LogP contribution in [0.25, 0.3) is 11.1 Å². The van der Waals surface area contributed by atoms with E-state index < -0.39 is 11.7 Å². The van der Waals surface area contributed by atoms with Gasteiger partial charge in [0, 0.05) is 0 Å². The van der Waals surface area contributed by atoms with Gasteiger partial charge in [0.1, 0.15) is 0 Å². The predicted octanol–water partition coefficient (Wildman–Crippen LogP) is 4.93. The molecule has 0 amide bonds. The molecule has 0 fully saturated rings. The number of hydrogen-bond donors (Lipinski definition) is 0. The van der Waals surface area contributed by atoms with Crippen molar-refractivity contribution in [2.75, 3.05) is 0 Å². The summed E-state index contributed by atoms with van der Waals surface area (Å²) in [6, 6.07) is 13.0. The van der Waals surface area contributed by atoms with Crippen molar-refractivity contribution >= 4 is 0 Å². The second-order valence-corrected chi connectivity index (χ2v) is 4.13. The Morgan fingerprint density at radius 2 is 1.50 bits per heavy atom. The standard InChI is InChI=1S/C15H13F3/c1-2-11-5-3-6-12(9-11)13-7-4-8-14(10-13)15(16,17)18/h3-10H,2H2,1H3. The van der Waals surface area contributed by atoms with Crippen LogP contribution in [-0.4, -0.2) is 0 Å². The Morgan fingerprint density at radius 1 is 0.889 bits per heavy atom. The summed E-state index contributed by atoms with van der Waals surface area (Å²) >= 11 is 0. The van der Waals surface area contributed by atoms with E-state index in [4.69, 9.17) is 0 Å². The van der Waals surface area contributed by atoms with Gasteiger partial charge < -0.3 is 0 Å². The van der Waals surface area contributed by atoms with E-state index in [1.165, 1.54) is 12.1 Å². The molecule has 0 N–H and O–H groups in total. The monoisotopic (exact) mass is 250 g/mol. The maximum Gasteiger partial charge on any atom is 0.416 e. The first-order chi connectivity index (χ1) is 8.50. The van der Waals surface area contributed by atoms with Crippen LogP contribution in [0.15, 0.2) is 48.5 Å². The summed E-state index contributed by atoms with van der Waals surface area (Å²) in [6.45, 7) is 2.02.